The molecule has 1 fully saturated rings. The maximum absolute atomic E-state index is 5.88. The van der Waals surface area contributed by atoms with Crippen LogP contribution in [0.15, 0.2) is 42.9 Å². The van der Waals surface area contributed by atoms with Gasteiger partial charge in [-0.05, 0) is 64.0 Å². The van der Waals surface area contributed by atoms with Gasteiger partial charge in [0.15, 0.2) is 0 Å². The Kier molecular flexibility index (Phi) is 9.72. The summed E-state index contributed by atoms with van der Waals surface area (Å²) in [7, 11) is 6.03. The van der Waals surface area contributed by atoms with Crippen LogP contribution in [0.2, 0.25) is 0 Å². The van der Waals surface area contributed by atoms with Crippen molar-refractivity contribution in [3.8, 4) is 5.75 Å². The molecule has 1 unspecified atom stereocenters. The van der Waals surface area contributed by atoms with Gasteiger partial charge in [-0.1, -0.05) is 25.8 Å². The van der Waals surface area contributed by atoms with Gasteiger partial charge >= 0.3 is 0 Å². The van der Waals surface area contributed by atoms with Crippen molar-refractivity contribution >= 4 is 57.5 Å². The van der Waals surface area contributed by atoms with Gasteiger partial charge in [-0.15, -0.1) is 0 Å². The second kappa shape index (κ2) is 13.6. The first-order valence-corrected chi connectivity index (χ1v) is 16.2. The summed E-state index contributed by atoms with van der Waals surface area (Å²) in [5.41, 5.74) is 7.97. The van der Waals surface area contributed by atoms with Gasteiger partial charge in [0, 0.05) is 67.8 Å². The Balaban J connectivity index is 1.48. The molecule has 2 aromatic carbocycles. The van der Waals surface area contributed by atoms with Gasteiger partial charge in [-0.25, -0.2) is 4.98 Å². The predicted molar refractivity (Wildman–Crippen MR) is 181 cm³/mol. The minimum Gasteiger partial charge on any atom is -0.494 e. The van der Waals surface area contributed by atoms with Crippen molar-refractivity contribution in [1.29, 1.82) is 0 Å². The normalized spacial score (nSPS) is 14.9. The number of anilines is 6. The Morgan fingerprint density at radius 2 is 1.79 bits per heavy atom. The molecule has 1 atom stereocenters. The summed E-state index contributed by atoms with van der Waals surface area (Å²) in [5, 5.41) is 7.07. The maximum Gasteiger partial charge on any atom is 0.229 e. The van der Waals surface area contributed by atoms with E-state index in [1.165, 1.54) is 11.3 Å². The molecule has 3 heterocycles. The van der Waals surface area contributed by atoms with Crippen molar-refractivity contribution in [1.82, 2.24) is 24.8 Å². The van der Waals surface area contributed by atoms with Crippen LogP contribution in [0.4, 0.5) is 34.5 Å². The van der Waals surface area contributed by atoms with Crippen LogP contribution in [-0.2, 0) is 12.8 Å². The van der Waals surface area contributed by atoms with Crippen molar-refractivity contribution in [3.05, 3.63) is 54.0 Å². The third-order valence-corrected chi connectivity index (χ3v) is 9.01. The standard InChI is InChI=1S/C32H43N9OS/c1-8-21-17-26(28(42-6)18-27(21)40-16-13-23(20-40)39(4)5)37-32-35-19-22(9-2)31(38-32)36-25-12-11-24-29(34-15-14-33-24)30(25)41(10-3)43-7/h11-12,14-15,17-19,23H,8-10,13,16,20H2,1-7H3,(H2,35,36,37,38). The Hall–Kier alpha value is -3.83. The van der Waals surface area contributed by atoms with Crippen LogP contribution in [0.5, 0.6) is 5.75 Å². The molecule has 43 heavy (non-hydrogen) atoms. The summed E-state index contributed by atoms with van der Waals surface area (Å²) >= 11 is 1.66. The van der Waals surface area contributed by atoms with E-state index >= 15 is 0 Å². The molecule has 1 saturated heterocycles. The molecule has 0 spiro atoms. The third kappa shape index (κ3) is 6.42. The molecule has 0 bridgehead atoms. The monoisotopic (exact) mass is 601 g/mol. The smallest absolute Gasteiger partial charge is 0.229 e. The molecule has 1 aliphatic heterocycles. The van der Waals surface area contributed by atoms with Crippen molar-refractivity contribution in [3.63, 3.8) is 0 Å². The molecular weight excluding hydrogens is 558 g/mol. The van der Waals surface area contributed by atoms with Gasteiger partial charge in [0.1, 0.15) is 17.1 Å². The summed E-state index contributed by atoms with van der Waals surface area (Å²) in [6.45, 7) is 9.30. The molecule has 0 saturated carbocycles. The van der Waals surface area contributed by atoms with Crippen LogP contribution in [0, 0.1) is 0 Å². The molecular formula is C32H43N9OS. The number of rotatable bonds is 12. The molecule has 2 N–H and O–H groups in total. The van der Waals surface area contributed by atoms with Gasteiger partial charge in [0.25, 0.3) is 0 Å². The van der Waals surface area contributed by atoms with Gasteiger partial charge < -0.3 is 29.5 Å². The zero-order valence-corrected chi connectivity index (χ0v) is 27.1. The van der Waals surface area contributed by atoms with E-state index in [0.717, 1.165) is 84.1 Å². The van der Waals surface area contributed by atoms with Crippen molar-refractivity contribution < 1.29 is 4.74 Å². The van der Waals surface area contributed by atoms with E-state index in [2.05, 4.69) is 92.9 Å². The zero-order chi connectivity index (χ0) is 30.5. The van der Waals surface area contributed by atoms with Crippen LogP contribution in [0.3, 0.4) is 0 Å². The number of aryl methyl sites for hydroxylation is 2. The van der Waals surface area contributed by atoms with Crippen LogP contribution >= 0.6 is 11.9 Å². The third-order valence-electron chi connectivity index (χ3n) is 8.13. The average Bonchev–Trinajstić information content (AvgIpc) is 3.53. The highest BCUT2D eigenvalue weighted by Gasteiger charge is 2.26. The Morgan fingerprint density at radius 1 is 1.00 bits per heavy atom. The lowest BCUT2D eigenvalue weighted by molar-refractivity contribution is 0.315. The number of aromatic nitrogens is 4. The SMILES string of the molecule is CCc1cc(Nc2ncc(CC)c(Nc3ccc4nccnc4c3N(CC)SC)n2)c(OC)cc1N1CCC(N(C)C)C1. The first-order chi connectivity index (χ1) is 20.9. The quantitative estimate of drug-likeness (QED) is 0.180. The van der Waals surface area contributed by atoms with Crippen LogP contribution in [0.1, 0.15) is 38.3 Å². The molecule has 0 aliphatic carbocycles. The second-order valence-corrected chi connectivity index (χ2v) is 11.6. The number of benzene rings is 2. The number of fused-ring (bicyclic) bond motifs is 1. The largest absolute Gasteiger partial charge is 0.494 e. The Morgan fingerprint density at radius 3 is 2.47 bits per heavy atom. The average molecular weight is 602 g/mol. The van der Waals surface area contributed by atoms with Gasteiger partial charge in [0.05, 0.1) is 29.7 Å². The number of ether oxygens (including phenoxy) is 1. The van der Waals surface area contributed by atoms with Crippen LogP contribution in [-0.4, -0.2) is 78.0 Å². The van der Waals surface area contributed by atoms with E-state index in [1.807, 2.05) is 18.3 Å². The Bertz CT molecular complexity index is 1560. The molecule has 5 rings (SSSR count). The minimum atomic E-state index is 0.501. The van der Waals surface area contributed by atoms with E-state index in [-0.39, 0.29) is 0 Å². The molecule has 0 radical (unpaired) electrons. The van der Waals surface area contributed by atoms with Crippen LogP contribution in [0.25, 0.3) is 11.0 Å². The first kappa shape index (κ1) is 30.6. The first-order valence-electron chi connectivity index (χ1n) is 15.0. The summed E-state index contributed by atoms with van der Waals surface area (Å²) in [5.74, 6) is 2.02. The number of likely N-dealkylation sites (N-methyl/N-ethyl adjacent to an activating group) is 1. The summed E-state index contributed by atoms with van der Waals surface area (Å²) in [4.78, 5) is 23.6. The fourth-order valence-electron chi connectivity index (χ4n) is 5.68. The minimum absolute atomic E-state index is 0.501. The molecule has 4 aromatic rings. The topological polar surface area (TPSA) is 94.6 Å². The fourth-order valence-corrected chi connectivity index (χ4v) is 6.30. The number of hydrogen-bond acceptors (Lipinski definition) is 11. The highest BCUT2D eigenvalue weighted by molar-refractivity contribution is 8.00. The van der Waals surface area contributed by atoms with Crippen molar-refractivity contribution in [2.45, 2.75) is 46.1 Å². The summed E-state index contributed by atoms with van der Waals surface area (Å²) < 4.78 is 8.09. The second-order valence-electron chi connectivity index (χ2n) is 10.8. The van der Waals surface area contributed by atoms with E-state index in [4.69, 9.17) is 9.72 Å². The molecule has 10 nitrogen and oxygen atoms in total. The lowest BCUT2D eigenvalue weighted by Gasteiger charge is -2.25. The number of hydrogen-bond donors (Lipinski definition) is 2. The molecule has 0 amide bonds. The highest BCUT2D eigenvalue weighted by Crippen LogP contribution is 2.39. The van der Waals surface area contributed by atoms with Gasteiger partial charge in [0.2, 0.25) is 5.95 Å². The lowest BCUT2D eigenvalue weighted by Crippen LogP contribution is -2.31. The van der Waals surface area contributed by atoms with E-state index < -0.39 is 0 Å². The van der Waals surface area contributed by atoms with E-state index in [9.17, 15) is 0 Å². The van der Waals surface area contributed by atoms with Gasteiger partial charge in [-0.2, -0.15) is 4.98 Å². The van der Waals surface area contributed by atoms with Gasteiger partial charge in [-0.3, -0.25) is 9.97 Å². The maximum atomic E-state index is 5.88. The highest BCUT2D eigenvalue weighted by atomic mass is 32.2. The Labute approximate surface area is 259 Å². The number of methoxy groups -OCH3 is 1. The van der Waals surface area contributed by atoms with E-state index in [1.54, 1.807) is 31.5 Å². The molecule has 11 heteroatoms. The van der Waals surface area contributed by atoms with Crippen molar-refractivity contribution in [2.24, 2.45) is 0 Å². The zero-order valence-electron chi connectivity index (χ0n) is 26.3. The molecule has 1 aliphatic rings. The molecule has 2 aromatic heterocycles. The number of nitrogens with zero attached hydrogens (tertiary/aromatic N) is 7. The molecule has 228 valence electrons. The summed E-state index contributed by atoms with van der Waals surface area (Å²) in [6, 6.07) is 8.94. The van der Waals surface area contributed by atoms with Crippen LogP contribution < -0.4 is 24.6 Å². The predicted octanol–water partition coefficient (Wildman–Crippen LogP) is 6.29. The van der Waals surface area contributed by atoms with E-state index in [0.29, 0.717) is 12.0 Å². The number of nitrogens with one attached hydrogen (secondary N) is 2. The fraction of sp³-hybridized carbons (Fsp3) is 0.438. The van der Waals surface area contributed by atoms with Crippen molar-refractivity contribution in [2.75, 3.05) is 66.9 Å². The summed E-state index contributed by atoms with van der Waals surface area (Å²) in [6.07, 6.45) is 10.3. The lowest BCUT2D eigenvalue weighted by atomic mass is 10.1.